The van der Waals surface area contributed by atoms with E-state index in [0.29, 0.717) is 22.1 Å². The third-order valence-corrected chi connectivity index (χ3v) is 12.3. The number of hydrogen-bond acceptors (Lipinski definition) is 1. The lowest BCUT2D eigenvalue weighted by Gasteiger charge is -2.22. The molecule has 0 N–H and O–H groups in total. The summed E-state index contributed by atoms with van der Waals surface area (Å²) in [6, 6.07) is 46.5. The summed E-state index contributed by atoms with van der Waals surface area (Å²) in [5.41, 5.74) is 8.46. The van der Waals surface area contributed by atoms with Crippen LogP contribution in [0.4, 0.5) is 26.3 Å². The summed E-state index contributed by atoms with van der Waals surface area (Å²) in [4.78, 5) is 0. The molecule has 0 aliphatic heterocycles. The largest absolute Gasteiger partial charge is 0.416 e. The van der Waals surface area contributed by atoms with E-state index in [2.05, 4.69) is 42.5 Å². The van der Waals surface area contributed by atoms with E-state index in [0.717, 1.165) is 78.2 Å². The Kier molecular flexibility index (Phi) is 9.35. The molecule has 0 bridgehead atoms. The summed E-state index contributed by atoms with van der Waals surface area (Å²) in [7, 11) is 0. The zero-order valence-electron chi connectivity index (χ0n) is 35.0. The number of hydrogen-bond donors (Lipinski definition) is 0. The van der Waals surface area contributed by atoms with Crippen molar-refractivity contribution in [2.45, 2.75) is 40.0 Å². The summed E-state index contributed by atoms with van der Waals surface area (Å²) in [6.07, 6.45) is -10.2. The van der Waals surface area contributed by atoms with Gasteiger partial charge in [0.05, 0.1) is 56.2 Å². The van der Waals surface area contributed by atoms with Crippen LogP contribution in [0.1, 0.15) is 38.9 Å². The lowest BCUT2D eigenvalue weighted by Crippen LogP contribution is -2.12. The van der Waals surface area contributed by atoms with Crippen LogP contribution in [0.15, 0.2) is 152 Å². The summed E-state index contributed by atoms with van der Waals surface area (Å²) < 4.78 is 92.4. The summed E-state index contributed by atoms with van der Waals surface area (Å²) in [6.45, 7) is 8.14. The van der Waals surface area contributed by atoms with Gasteiger partial charge in [0.25, 0.3) is 0 Å². The maximum absolute atomic E-state index is 14.8. The fraction of sp³-hybridized carbons (Fsp3) is 0.109. The Morgan fingerprint density at radius 2 is 0.844 bits per heavy atom. The maximum Gasteiger partial charge on any atom is 0.416 e. The third-order valence-electron chi connectivity index (χ3n) is 12.3. The molecular formula is C55H37F6N3. The van der Waals surface area contributed by atoms with Gasteiger partial charge in [-0.25, -0.2) is 0 Å². The van der Waals surface area contributed by atoms with Crippen LogP contribution in [-0.4, -0.2) is 9.13 Å². The molecule has 3 nitrogen and oxygen atoms in total. The molecule has 8 aromatic carbocycles. The van der Waals surface area contributed by atoms with Gasteiger partial charge in [0.1, 0.15) is 0 Å². The second-order valence-electron chi connectivity index (χ2n) is 16.6. The minimum atomic E-state index is -5.11. The highest BCUT2D eigenvalue weighted by molar-refractivity contribution is 6.13. The van der Waals surface area contributed by atoms with Crippen molar-refractivity contribution in [1.29, 1.82) is 5.26 Å². The van der Waals surface area contributed by atoms with Gasteiger partial charge in [-0.05, 0) is 133 Å². The van der Waals surface area contributed by atoms with Crippen LogP contribution >= 0.6 is 0 Å². The lowest BCUT2D eigenvalue weighted by molar-refractivity contribution is -0.143. The molecule has 0 saturated carbocycles. The van der Waals surface area contributed by atoms with Gasteiger partial charge < -0.3 is 9.13 Å². The van der Waals surface area contributed by atoms with Crippen LogP contribution in [0, 0.1) is 39.0 Å². The van der Waals surface area contributed by atoms with E-state index < -0.39 is 23.5 Å². The standard InChI is InChI=1S/C55H37F6N3/c1-31-13-17-41(33(3)21-31)36-15-19-49-45(27-36)43-9-5-7-11-47(43)63(49)51-23-35(30-62)24-52(53(51)38-25-39(54(56,57)58)29-40(26-38)55(59,60)61)64-48-12-8-6-10-44(48)46-28-37(16-20-50(46)64)42-18-14-32(2)22-34(42)4/h5-29H,1-4H3. The molecule has 314 valence electrons. The molecule has 9 heteroatoms. The zero-order valence-corrected chi connectivity index (χ0v) is 35.0. The topological polar surface area (TPSA) is 33.6 Å². The molecular weight excluding hydrogens is 817 g/mol. The van der Waals surface area contributed by atoms with Gasteiger partial charge in [-0.2, -0.15) is 31.6 Å². The molecule has 0 saturated heterocycles. The van der Waals surface area contributed by atoms with Crippen molar-refractivity contribution in [3.63, 3.8) is 0 Å². The molecule has 10 aromatic rings. The number of benzene rings is 8. The minimum absolute atomic E-state index is 0.0813. The maximum atomic E-state index is 14.8. The Morgan fingerprint density at radius 3 is 1.25 bits per heavy atom. The molecule has 2 heterocycles. The summed E-state index contributed by atoms with van der Waals surface area (Å²) in [5.74, 6) is 0. The SMILES string of the molecule is Cc1ccc(-c2ccc3c(c2)c2ccccc2n3-c2cc(C#N)cc(-n3c4ccccc4c4cc(-c5ccc(C)cc5C)ccc43)c2-c2cc(C(F)(F)F)cc(C(F)(F)F)c2)c(C)c1. The number of aryl methyl sites for hydroxylation is 4. The van der Waals surface area contributed by atoms with E-state index in [-0.39, 0.29) is 34.1 Å². The van der Waals surface area contributed by atoms with Gasteiger partial charge >= 0.3 is 12.4 Å². The molecule has 0 fully saturated rings. The second kappa shape index (κ2) is 14.8. The van der Waals surface area contributed by atoms with Crippen LogP contribution < -0.4 is 0 Å². The second-order valence-corrected chi connectivity index (χ2v) is 16.6. The molecule has 0 atom stereocenters. The monoisotopic (exact) mass is 853 g/mol. The first kappa shape index (κ1) is 40.5. The number of aromatic nitrogens is 2. The predicted octanol–water partition coefficient (Wildman–Crippen LogP) is 16.0. The average molecular weight is 854 g/mol. The highest BCUT2D eigenvalue weighted by Gasteiger charge is 2.38. The van der Waals surface area contributed by atoms with Crippen molar-refractivity contribution in [2.24, 2.45) is 0 Å². The molecule has 0 spiro atoms. The number of nitriles is 1. The van der Waals surface area contributed by atoms with Crippen molar-refractivity contribution in [2.75, 3.05) is 0 Å². The summed E-state index contributed by atoms with van der Waals surface area (Å²) >= 11 is 0. The zero-order chi connectivity index (χ0) is 44.8. The highest BCUT2D eigenvalue weighted by Crippen LogP contribution is 2.47. The van der Waals surface area contributed by atoms with Crippen molar-refractivity contribution in [3.05, 3.63) is 191 Å². The number of fused-ring (bicyclic) bond motifs is 6. The summed E-state index contributed by atoms with van der Waals surface area (Å²) in [5, 5.41) is 14.0. The Hall–Kier alpha value is -7.57. The lowest BCUT2D eigenvalue weighted by atomic mass is 9.94. The van der Waals surface area contributed by atoms with Gasteiger partial charge in [-0.3, -0.25) is 0 Å². The van der Waals surface area contributed by atoms with Crippen molar-refractivity contribution in [1.82, 2.24) is 9.13 Å². The van der Waals surface area contributed by atoms with Gasteiger partial charge in [0.2, 0.25) is 0 Å². The number of alkyl halides is 6. The molecule has 0 amide bonds. The molecule has 0 aliphatic carbocycles. The predicted molar refractivity (Wildman–Crippen MR) is 245 cm³/mol. The quantitative estimate of drug-likeness (QED) is 0.159. The normalized spacial score (nSPS) is 12.2. The Balaban J connectivity index is 1.36. The van der Waals surface area contributed by atoms with Gasteiger partial charge in [-0.15, -0.1) is 0 Å². The van der Waals surface area contributed by atoms with Gasteiger partial charge in [0, 0.05) is 27.1 Å². The average Bonchev–Trinajstić information content (AvgIpc) is 3.77. The van der Waals surface area contributed by atoms with Crippen LogP contribution in [0.25, 0.3) is 88.4 Å². The van der Waals surface area contributed by atoms with E-state index >= 15 is 0 Å². The number of para-hydroxylation sites is 2. The molecule has 2 aromatic heterocycles. The Bertz CT molecular complexity index is 3370. The first-order valence-corrected chi connectivity index (χ1v) is 20.7. The van der Waals surface area contributed by atoms with E-state index in [4.69, 9.17) is 0 Å². The van der Waals surface area contributed by atoms with E-state index in [9.17, 15) is 31.6 Å². The van der Waals surface area contributed by atoms with Crippen molar-refractivity contribution >= 4 is 43.6 Å². The minimum Gasteiger partial charge on any atom is -0.308 e. The molecule has 0 unspecified atom stereocenters. The van der Waals surface area contributed by atoms with Crippen molar-refractivity contribution in [3.8, 4) is 50.8 Å². The number of halogens is 6. The van der Waals surface area contributed by atoms with Gasteiger partial charge in [-0.1, -0.05) is 96.1 Å². The molecule has 0 aliphatic rings. The molecule has 64 heavy (non-hydrogen) atoms. The van der Waals surface area contributed by atoms with Crippen LogP contribution in [-0.2, 0) is 12.4 Å². The number of nitrogens with zero attached hydrogens (tertiary/aromatic N) is 3. The van der Waals surface area contributed by atoms with Crippen molar-refractivity contribution < 1.29 is 26.3 Å². The third kappa shape index (κ3) is 6.69. The van der Waals surface area contributed by atoms with E-state index in [1.165, 1.54) is 0 Å². The fourth-order valence-corrected chi connectivity index (χ4v) is 9.50. The smallest absolute Gasteiger partial charge is 0.308 e. The highest BCUT2D eigenvalue weighted by atomic mass is 19.4. The fourth-order valence-electron chi connectivity index (χ4n) is 9.50. The van der Waals surface area contributed by atoms with Gasteiger partial charge in [0.15, 0.2) is 0 Å². The molecule has 0 radical (unpaired) electrons. The Labute approximate surface area is 364 Å². The van der Waals surface area contributed by atoms with Crippen LogP contribution in [0.3, 0.4) is 0 Å². The van der Waals surface area contributed by atoms with E-state index in [1.54, 1.807) is 12.1 Å². The van der Waals surface area contributed by atoms with E-state index in [1.807, 2.05) is 122 Å². The first-order chi connectivity index (χ1) is 30.6. The van der Waals surface area contributed by atoms with Crippen LogP contribution in [0.5, 0.6) is 0 Å². The first-order valence-electron chi connectivity index (χ1n) is 20.7. The molecule has 10 rings (SSSR count). The number of rotatable bonds is 5. The Morgan fingerprint density at radius 1 is 0.422 bits per heavy atom. The van der Waals surface area contributed by atoms with Crippen LogP contribution in [0.2, 0.25) is 0 Å².